The van der Waals surface area contributed by atoms with Crippen LogP contribution in [0.4, 0.5) is 5.69 Å². The molecule has 30 heavy (non-hydrogen) atoms. The van der Waals surface area contributed by atoms with Crippen molar-refractivity contribution in [3.05, 3.63) is 47.5 Å². The van der Waals surface area contributed by atoms with Gasteiger partial charge in [0.15, 0.2) is 11.5 Å². The minimum Gasteiger partial charge on any atom is -0.493 e. The first-order valence-electron chi connectivity index (χ1n) is 9.97. The van der Waals surface area contributed by atoms with E-state index in [-0.39, 0.29) is 6.04 Å². The molecular formula is C23H30N2O5. The lowest BCUT2D eigenvalue weighted by molar-refractivity contribution is -0.142. The first kappa shape index (κ1) is 21.8. The van der Waals surface area contributed by atoms with Gasteiger partial charge in [0.25, 0.3) is 0 Å². The second-order valence-electron chi connectivity index (χ2n) is 7.55. The van der Waals surface area contributed by atoms with Crippen LogP contribution in [-0.4, -0.2) is 64.0 Å². The highest BCUT2D eigenvalue weighted by Gasteiger charge is 2.38. The fourth-order valence-electron chi connectivity index (χ4n) is 4.21. The van der Waals surface area contributed by atoms with E-state index in [9.17, 15) is 9.90 Å². The Hall–Kier alpha value is -2.93. The maximum absolute atomic E-state index is 12.0. The van der Waals surface area contributed by atoms with Gasteiger partial charge in [0.1, 0.15) is 6.04 Å². The molecule has 0 saturated carbocycles. The molecule has 1 fully saturated rings. The van der Waals surface area contributed by atoms with Crippen molar-refractivity contribution in [3.63, 3.8) is 0 Å². The quantitative estimate of drug-likeness (QED) is 0.710. The van der Waals surface area contributed by atoms with E-state index < -0.39 is 12.0 Å². The van der Waals surface area contributed by atoms with Gasteiger partial charge in [-0.2, -0.15) is 0 Å². The summed E-state index contributed by atoms with van der Waals surface area (Å²) in [5.41, 5.74) is 2.92. The third kappa shape index (κ3) is 4.03. The van der Waals surface area contributed by atoms with E-state index >= 15 is 0 Å². The van der Waals surface area contributed by atoms with Gasteiger partial charge in [-0.3, -0.25) is 9.69 Å². The Kier molecular flexibility index (Phi) is 6.72. The van der Waals surface area contributed by atoms with Gasteiger partial charge in [-0.15, -0.1) is 0 Å². The molecule has 0 spiro atoms. The molecule has 1 aliphatic rings. The van der Waals surface area contributed by atoms with Crippen molar-refractivity contribution in [1.82, 2.24) is 4.90 Å². The van der Waals surface area contributed by atoms with E-state index in [2.05, 4.69) is 0 Å². The Morgan fingerprint density at radius 3 is 2.23 bits per heavy atom. The monoisotopic (exact) mass is 414 g/mol. The zero-order valence-corrected chi connectivity index (χ0v) is 18.2. The number of hydrogen-bond donors (Lipinski definition) is 1. The van der Waals surface area contributed by atoms with Gasteiger partial charge >= 0.3 is 5.97 Å². The van der Waals surface area contributed by atoms with Gasteiger partial charge < -0.3 is 24.2 Å². The summed E-state index contributed by atoms with van der Waals surface area (Å²) < 4.78 is 16.8. The molecule has 7 heteroatoms. The van der Waals surface area contributed by atoms with E-state index in [1.807, 2.05) is 60.3 Å². The summed E-state index contributed by atoms with van der Waals surface area (Å²) in [6.45, 7) is 0.689. The molecule has 162 valence electrons. The number of rotatable bonds is 8. The minimum absolute atomic E-state index is 0.292. The van der Waals surface area contributed by atoms with E-state index in [0.29, 0.717) is 30.2 Å². The third-order valence-corrected chi connectivity index (χ3v) is 5.67. The van der Waals surface area contributed by atoms with Crippen molar-refractivity contribution in [2.45, 2.75) is 24.9 Å². The Balaban J connectivity index is 2.18. The second-order valence-corrected chi connectivity index (χ2v) is 7.55. The van der Waals surface area contributed by atoms with Crippen LogP contribution in [0, 0.1) is 0 Å². The van der Waals surface area contributed by atoms with Crippen molar-refractivity contribution in [2.75, 3.05) is 46.9 Å². The summed E-state index contributed by atoms with van der Waals surface area (Å²) in [5, 5.41) is 9.83. The number of aliphatic carboxylic acids is 1. The molecular weight excluding hydrogens is 384 g/mol. The van der Waals surface area contributed by atoms with Gasteiger partial charge in [-0.05, 0) is 42.7 Å². The lowest BCUT2D eigenvalue weighted by atomic mass is 9.94. The first-order chi connectivity index (χ1) is 14.4. The van der Waals surface area contributed by atoms with Crippen LogP contribution >= 0.6 is 0 Å². The van der Waals surface area contributed by atoms with Crippen LogP contribution in [0.5, 0.6) is 17.2 Å². The average Bonchev–Trinajstić information content (AvgIpc) is 3.23. The van der Waals surface area contributed by atoms with Gasteiger partial charge in [0.2, 0.25) is 5.75 Å². The van der Waals surface area contributed by atoms with Crippen LogP contribution in [0.1, 0.15) is 30.0 Å². The number of likely N-dealkylation sites (tertiary alicyclic amines) is 1. The maximum atomic E-state index is 12.0. The zero-order chi connectivity index (χ0) is 21.8. The van der Waals surface area contributed by atoms with Gasteiger partial charge in [0, 0.05) is 31.9 Å². The van der Waals surface area contributed by atoms with Crippen LogP contribution in [0.15, 0.2) is 36.4 Å². The molecule has 0 bridgehead atoms. The van der Waals surface area contributed by atoms with Crippen LogP contribution in [0.25, 0.3) is 0 Å². The SMILES string of the molecule is COc1ccc(C(c2ccc(N(C)C)cc2)N2CCCC2C(=O)O)c(OC)c1OC. The maximum Gasteiger partial charge on any atom is 0.320 e. The molecule has 1 heterocycles. The Morgan fingerprint density at radius 2 is 1.70 bits per heavy atom. The van der Waals surface area contributed by atoms with Gasteiger partial charge in [0.05, 0.1) is 27.4 Å². The van der Waals surface area contributed by atoms with E-state index in [1.54, 1.807) is 21.3 Å². The number of nitrogens with zero attached hydrogens (tertiary/aromatic N) is 2. The summed E-state index contributed by atoms with van der Waals surface area (Å²) in [4.78, 5) is 16.0. The molecule has 0 aliphatic carbocycles. The van der Waals surface area contributed by atoms with Gasteiger partial charge in [-0.25, -0.2) is 0 Å². The van der Waals surface area contributed by atoms with E-state index in [4.69, 9.17) is 14.2 Å². The number of methoxy groups -OCH3 is 3. The summed E-state index contributed by atoms with van der Waals surface area (Å²) in [6, 6.07) is 11.1. The summed E-state index contributed by atoms with van der Waals surface area (Å²) in [5.74, 6) is 0.811. The lowest BCUT2D eigenvalue weighted by Gasteiger charge is -2.33. The number of carboxylic acid groups (broad SMARTS) is 1. The lowest BCUT2D eigenvalue weighted by Crippen LogP contribution is -2.39. The number of hydrogen-bond acceptors (Lipinski definition) is 6. The fourth-order valence-corrected chi connectivity index (χ4v) is 4.21. The minimum atomic E-state index is -0.804. The number of benzene rings is 2. The van der Waals surface area contributed by atoms with Crippen molar-refractivity contribution in [3.8, 4) is 17.2 Å². The van der Waals surface area contributed by atoms with Crippen LogP contribution < -0.4 is 19.1 Å². The molecule has 3 rings (SSSR count). The zero-order valence-electron chi connectivity index (χ0n) is 18.2. The van der Waals surface area contributed by atoms with Crippen LogP contribution in [0.2, 0.25) is 0 Å². The highest BCUT2D eigenvalue weighted by Crippen LogP contribution is 2.46. The highest BCUT2D eigenvalue weighted by molar-refractivity contribution is 5.74. The summed E-state index contributed by atoms with van der Waals surface area (Å²) >= 11 is 0. The molecule has 1 saturated heterocycles. The first-order valence-corrected chi connectivity index (χ1v) is 9.97. The highest BCUT2D eigenvalue weighted by atomic mass is 16.5. The fraction of sp³-hybridized carbons (Fsp3) is 0.435. The molecule has 2 atom stereocenters. The molecule has 2 aromatic carbocycles. The summed E-state index contributed by atoms with van der Waals surface area (Å²) in [7, 11) is 8.72. The third-order valence-electron chi connectivity index (χ3n) is 5.67. The molecule has 2 unspecified atom stereocenters. The molecule has 0 amide bonds. The van der Waals surface area contributed by atoms with Crippen molar-refractivity contribution >= 4 is 11.7 Å². The molecule has 7 nitrogen and oxygen atoms in total. The molecule has 0 radical (unpaired) electrons. The number of anilines is 1. The largest absolute Gasteiger partial charge is 0.493 e. The second kappa shape index (κ2) is 9.26. The number of ether oxygens (including phenoxy) is 3. The average molecular weight is 415 g/mol. The predicted molar refractivity (Wildman–Crippen MR) is 116 cm³/mol. The van der Waals surface area contributed by atoms with E-state index in [0.717, 1.165) is 23.2 Å². The topological polar surface area (TPSA) is 71.5 Å². The number of carboxylic acids is 1. The van der Waals surface area contributed by atoms with Gasteiger partial charge in [-0.1, -0.05) is 12.1 Å². The molecule has 1 N–H and O–H groups in total. The normalized spacial score (nSPS) is 17.4. The van der Waals surface area contributed by atoms with Crippen LogP contribution in [0.3, 0.4) is 0 Å². The van der Waals surface area contributed by atoms with E-state index in [1.165, 1.54) is 0 Å². The Morgan fingerprint density at radius 1 is 1.03 bits per heavy atom. The molecule has 1 aliphatic heterocycles. The molecule has 0 aromatic heterocycles. The standard InChI is InChI=1S/C23H30N2O5/c1-24(2)16-10-8-15(9-11-16)20(25-14-6-7-18(25)23(26)27)17-12-13-19(28-3)22(30-5)21(17)29-4/h8-13,18,20H,6-7,14H2,1-5H3,(H,26,27). The Labute approximate surface area is 177 Å². The molecule has 2 aromatic rings. The predicted octanol–water partition coefficient (Wildman–Crippen LogP) is 3.42. The van der Waals surface area contributed by atoms with Crippen molar-refractivity contribution < 1.29 is 24.1 Å². The van der Waals surface area contributed by atoms with Crippen molar-refractivity contribution in [1.29, 1.82) is 0 Å². The summed E-state index contributed by atoms with van der Waals surface area (Å²) in [6.07, 6.45) is 1.45. The number of carbonyl (C=O) groups is 1. The van der Waals surface area contributed by atoms with Crippen LogP contribution in [-0.2, 0) is 4.79 Å². The smallest absolute Gasteiger partial charge is 0.320 e. The Bertz CT molecular complexity index is 882. The van der Waals surface area contributed by atoms with Crippen molar-refractivity contribution in [2.24, 2.45) is 0 Å².